The molecule has 2 N–H and O–H groups in total. The first kappa shape index (κ1) is 27.9. The average molecular weight is 567 g/mol. The summed E-state index contributed by atoms with van der Waals surface area (Å²) >= 11 is 11.5. The fraction of sp³-hybridized carbons (Fsp3) is 0.214. The predicted octanol–water partition coefficient (Wildman–Crippen LogP) is 4.22. The highest BCUT2D eigenvalue weighted by molar-refractivity contribution is 7.80. The van der Waals surface area contributed by atoms with Gasteiger partial charge in [0, 0.05) is 36.8 Å². The third-order valence-corrected chi connectivity index (χ3v) is 6.67. The number of benzene rings is 3. The molecule has 0 radical (unpaired) electrons. The topological polar surface area (TPSA) is 100 Å². The van der Waals surface area contributed by atoms with E-state index in [9.17, 15) is 14.4 Å². The summed E-state index contributed by atoms with van der Waals surface area (Å²) in [6, 6.07) is 18.9. The smallest absolute Gasteiger partial charge is 0.337 e. The Hall–Kier alpha value is -4.15. The Labute approximate surface area is 236 Å². The molecule has 0 aromatic heterocycles. The van der Waals surface area contributed by atoms with Crippen LogP contribution in [0.2, 0.25) is 5.02 Å². The number of nitrogens with zero attached hydrogens (tertiary/aromatic N) is 2. The molecule has 1 aliphatic rings. The minimum absolute atomic E-state index is 0.0168. The van der Waals surface area contributed by atoms with E-state index in [1.54, 1.807) is 42.5 Å². The standard InChI is InChI=1S/C28H27ClN4O5S/c1-37-24-11-9-20(29)17-21(24)25(34)31-28(39)30-22-16-19(27(36)38-2)8-10-23(22)32-12-14-33(15-13-32)26(35)18-6-4-3-5-7-18/h3-11,16-17H,12-15H2,1-2H3,(H2,30,31,34,39). The molecule has 0 saturated carbocycles. The molecule has 11 heteroatoms. The lowest BCUT2D eigenvalue weighted by Crippen LogP contribution is -2.49. The molecule has 3 aromatic carbocycles. The fourth-order valence-corrected chi connectivity index (χ4v) is 4.63. The van der Waals surface area contributed by atoms with Crippen LogP contribution in [-0.2, 0) is 4.74 Å². The van der Waals surface area contributed by atoms with E-state index in [4.69, 9.17) is 33.3 Å². The quantitative estimate of drug-likeness (QED) is 0.338. The molecule has 9 nitrogen and oxygen atoms in total. The first-order valence-corrected chi connectivity index (χ1v) is 12.9. The Morgan fingerprint density at radius 3 is 2.28 bits per heavy atom. The summed E-state index contributed by atoms with van der Waals surface area (Å²) in [7, 11) is 2.75. The molecule has 1 fully saturated rings. The number of rotatable bonds is 6. The van der Waals surface area contributed by atoms with Crippen LogP contribution in [0.15, 0.2) is 66.7 Å². The van der Waals surface area contributed by atoms with Crippen LogP contribution in [0, 0.1) is 0 Å². The number of amides is 2. The highest BCUT2D eigenvalue weighted by Gasteiger charge is 2.25. The second kappa shape index (κ2) is 12.6. The first-order valence-electron chi connectivity index (χ1n) is 12.1. The minimum Gasteiger partial charge on any atom is -0.496 e. The first-order chi connectivity index (χ1) is 18.8. The highest BCUT2D eigenvalue weighted by atomic mass is 35.5. The van der Waals surface area contributed by atoms with Crippen LogP contribution >= 0.6 is 23.8 Å². The van der Waals surface area contributed by atoms with Gasteiger partial charge in [-0.05, 0) is 60.7 Å². The summed E-state index contributed by atoms with van der Waals surface area (Å²) in [4.78, 5) is 41.9. The molecule has 202 valence electrons. The SMILES string of the molecule is COC(=O)c1ccc(N2CCN(C(=O)c3ccccc3)CC2)c(NC(=S)NC(=O)c2cc(Cl)ccc2OC)c1. The predicted molar refractivity (Wildman–Crippen MR) is 154 cm³/mol. The second-order valence-corrected chi connectivity index (χ2v) is 9.47. The molecule has 0 aliphatic carbocycles. The number of carbonyl (C=O) groups is 3. The van der Waals surface area contributed by atoms with E-state index in [0.717, 1.165) is 5.69 Å². The van der Waals surface area contributed by atoms with Gasteiger partial charge >= 0.3 is 5.97 Å². The maximum atomic E-state index is 12.9. The Morgan fingerprint density at radius 1 is 0.897 bits per heavy atom. The van der Waals surface area contributed by atoms with E-state index >= 15 is 0 Å². The molecule has 3 aromatic rings. The van der Waals surface area contributed by atoms with Gasteiger partial charge < -0.3 is 24.6 Å². The number of nitrogens with one attached hydrogen (secondary N) is 2. The van der Waals surface area contributed by atoms with Crippen molar-refractivity contribution in [2.45, 2.75) is 0 Å². The number of esters is 1. The molecule has 0 bridgehead atoms. The van der Waals surface area contributed by atoms with Crippen molar-refractivity contribution >= 4 is 58.1 Å². The third-order valence-electron chi connectivity index (χ3n) is 6.23. The van der Waals surface area contributed by atoms with Crippen LogP contribution in [0.5, 0.6) is 5.75 Å². The lowest BCUT2D eigenvalue weighted by atomic mass is 10.1. The van der Waals surface area contributed by atoms with Gasteiger partial charge in [0.05, 0.1) is 36.7 Å². The second-order valence-electron chi connectivity index (χ2n) is 8.62. The van der Waals surface area contributed by atoms with E-state index in [2.05, 4.69) is 15.5 Å². The lowest BCUT2D eigenvalue weighted by Gasteiger charge is -2.37. The van der Waals surface area contributed by atoms with Crippen molar-refractivity contribution in [1.29, 1.82) is 0 Å². The Balaban J connectivity index is 1.51. The molecule has 1 aliphatic heterocycles. The van der Waals surface area contributed by atoms with Gasteiger partial charge in [-0.3, -0.25) is 14.9 Å². The van der Waals surface area contributed by atoms with Crippen LogP contribution in [0.4, 0.5) is 11.4 Å². The van der Waals surface area contributed by atoms with Crippen molar-refractivity contribution in [2.75, 3.05) is 50.6 Å². The van der Waals surface area contributed by atoms with Gasteiger partial charge in [0.2, 0.25) is 0 Å². The van der Waals surface area contributed by atoms with Crippen LogP contribution in [0.1, 0.15) is 31.1 Å². The number of piperazine rings is 1. The van der Waals surface area contributed by atoms with Gasteiger partial charge in [-0.2, -0.15) is 0 Å². The number of hydrogen-bond donors (Lipinski definition) is 2. The average Bonchev–Trinajstić information content (AvgIpc) is 2.96. The van der Waals surface area contributed by atoms with E-state index in [1.807, 2.05) is 23.1 Å². The van der Waals surface area contributed by atoms with Gasteiger partial charge in [-0.1, -0.05) is 29.8 Å². The minimum atomic E-state index is -0.513. The van der Waals surface area contributed by atoms with Gasteiger partial charge in [0.25, 0.3) is 11.8 Å². The largest absolute Gasteiger partial charge is 0.496 e. The zero-order chi connectivity index (χ0) is 27.9. The Bertz CT molecular complexity index is 1390. The number of anilines is 2. The Kier molecular flexibility index (Phi) is 9.00. The zero-order valence-corrected chi connectivity index (χ0v) is 23.0. The summed E-state index contributed by atoms with van der Waals surface area (Å²) in [6.07, 6.45) is 0. The van der Waals surface area contributed by atoms with Crippen LogP contribution in [0.25, 0.3) is 0 Å². The molecule has 0 unspecified atom stereocenters. The molecule has 1 saturated heterocycles. The van der Waals surface area contributed by atoms with Crippen molar-refractivity contribution in [2.24, 2.45) is 0 Å². The van der Waals surface area contributed by atoms with Crippen molar-refractivity contribution < 1.29 is 23.9 Å². The molecule has 0 atom stereocenters. The maximum absolute atomic E-state index is 12.9. The Morgan fingerprint density at radius 2 is 1.62 bits per heavy atom. The number of ether oxygens (including phenoxy) is 2. The third kappa shape index (κ3) is 6.65. The monoisotopic (exact) mass is 566 g/mol. The van der Waals surface area contributed by atoms with Crippen molar-refractivity contribution in [3.05, 3.63) is 88.4 Å². The summed E-state index contributed by atoms with van der Waals surface area (Å²) in [5.74, 6) is -0.696. The van der Waals surface area contributed by atoms with E-state index < -0.39 is 11.9 Å². The summed E-state index contributed by atoms with van der Waals surface area (Å²) in [5.41, 5.74) is 2.44. The van der Waals surface area contributed by atoms with Crippen molar-refractivity contribution in [3.63, 3.8) is 0 Å². The molecule has 4 rings (SSSR count). The molecular weight excluding hydrogens is 540 g/mol. The highest BCUT2D eigenvalue weighted by Crippen LogP contribution is 2.29. The van der Waals surface area contributed by atoms with Gasteiger partial charge in [0.1, 0.15) is 5.75 Å². The van der Waals surface area contributed by atoms with Crippen molar-refractivity contribution in [1.82, 2.24) is 10.2 Å². The van der Waals surface area contributed by atoms with E-state index in [1.165, 1.54) is 20.3 Å². The van der Waals surface area contributed by atoms with Gasteiger partial charge in [-0.25, -0.2) is 4.79 Å². The number of thiocarbonyl (C=S) groups is 1. The molecular formula is C28H27ClN4O5S. The normalized spacial score (nSPS) is 12.9. The van der Waals surface area contributed by atoms with Crippen LogP contribution in [0.3, 0.4) is 0 Å². The summed E-state index contributed by atoms with van der Waals surface area (Å²) in [5, 5.41) is 6.06. The zero-order valence-electron chi connectivity index (χ0n) is 21.4. The van der Waals surface area contributed by atoms with Gasteiger partial charge in [-0.15, -0.1) is 0 Å². The fourth-order valence-electron chi connectivity index (χ4n) is 4.25. The summed E-state index contributed by atoms with van der Waals surface area (Å²) in [6.45, 7) is 2.15. The molecule has 2 amide bonds. The number of halogens is 1. The number of methoxy groups -OCH3 is 2. The molecule has 0 spiro atoms. The molecule has 39 heavy (non-hydrogen) atoms. The van der Waals surface area contributed by atoms with Crippen molar-refractivity contribution in [3.8, 4) is 5.75 Å². The van der Waals surface area contributed by atoms with E-state index in [-0.39, 0.29) is 16.6 Å². The lowest BCUT2D eigenvalue weighted by molar-refractivity contribution is 0.0600. The molecule has 1 heterocycles. The maximum Gasteiger partial charge on any atom is 0.337 e. The number of carbonyl (C=O) groups excluding carboxylic acids is 3. The van der Waals surface area contributed by atoms with Gasteiger partial charge in [0.15, 0.2) is 5.11 Å². The summed E-state index contributed by atoms with van der Waals surface area (Å²) < 4.78 is 10.1. The van der Waals surface area contributed by atoms with Crippen LogP contribution < -0.4 is 20.3 Å². The van der Waals surface area contributed by atoms with E-state index in [0.29, 0.717) is 53.8 Å². The van der Waals surface area contributed by atoms with Crippen LogP contribution in [-0.4, -0.2) is 68.2 Å². The number of hydrogen-bond acceptors (Lipinski definition) is 7.